The van der Waals surface area contributed by atoms with E-state index in [-0.39, 0.29) is 67.6 Å². The number of cyclic esters (lactones) is 1. The van der Waals surface area contributed by atoms with Crippen LogP contribution >= 0.6 is 0 Å². The third-order valence-electron chi connectivity index (χ3n) is 19.9. The van der Waals surface area contributed by atoms with E-state index in [1.54, 1.807) is 47.3 Å². The van der Waals surface area contributed by atoms with E-state index in [1.165, 1.54) is 12.0 Å². The number of piperazine rings is 1. The van der Waals surface area contributed by atoms with Crippen molar-refractivity contribution in [2.75, 3.05) is 65.6 Å². The van der Waals surface area contributed by atoms with Gasteiger partial charge < -0.3 is 48.8 Å². The van der Waals surface area contributed by atoms with Crippen LogP contribution in [0, 0.1) is 47.9 Å². The molecule has 1 aromatic carbocycles. The summed E-state index contributed by atoms with van der Waals surface area (Å²) in [6.45, 7) is 15.2. The lowest BCUT2D eigenvalue weighted by Crippen LogP contribution is -2.61. The second-order valence-electron chi connectivity index (χ2n) is 26.5. The maximum atomic E-state index is 14.9. The molecule has 0 spiro atoms. The van der Waals surface area contributed by atoms with Gasteiger partial charge >= 0.3 is 5.97 Å². The molecule has 0 radical (unpaired) electrons. The monoisotopic (exact) mass is 1270 g/mol. The molecule has 2 aromatic heterocycles. The molecule has 3 N–H and O–H groups in total. The van der Waals surface area contributed by atoms with Gasteiger partial charge in [-0.15, -0.1) is 11.5 Å². The molecule has 5 aliphatic rings. The van der Waals surface area contributed by atoms with Crippen molar-refractivity contribution in [2.24, 2.45) is 35.5 Å². The Morgan fingerprint density at radius 1 is 0.848 bits per heavy atom. The predicted octanol–water partition coefficient (Wildman–Crippen LogP) is 7.89. The van der Waals surface area contributed by atoms with Gasteiger partial charge in [0.25, 0.3) is 11.7 Å². The van der Waals surface area contributed by atoms with E-state index in [0.29, 0.717) is 95.5 Å². The lowest BCUT2D eigenvalue weighted by atomic mass is 9.77. The van der Waals surface area contributed by atoms with Crippen molar-refractivity contribution in [2.45, 2.75) is 186 Å². The number of ether oxygens (including phenoxy) is 5. The number of aliphatic hydroxyl groups is 3. The van der Waals surface area contributed by atoms with Crippen LogP contribution in [0.2, 0.25) is 0 Å². The zero-order valence-electron chi connectivity index (χ0n) is 55.5. The maximum Gasteiger partial charge on any atom is 0.329 e. The first-order valence-electron chi connectivity index (χ1n) is 33.0. The molecule has 4 fully saturated rings. The summed E-state index contributed by atoms with van der Waals surface area (Å²) < 4.78 is 32.5. The molecule has 2 bridgehead atoms. The summed E-state index contributed by atoms with van der Waals surface area (Å²) in [5.74, 6) is -5.06. The smallest absolute Gasteiger partial charge is 0.329 e. The van der Waals surface area contributed by atoms with Crippen LogP contribution in [0.25, 0.3) is 22.4 Å². The predicted molar refractivity (Wildman–Crippen MR) is 348 cm³/mol. The fourth-order valence-electron chi connectivity index (χ4n) is 14.2. The molecule has 6 heterocycles. The van der Waals surface area contributed by atoms with Gasteiger partial charge in [-0.1, -0.05) is 100 Å². The number of fused-ring (bicyclic) bond motifs is 3. The first-order chi connectivity index (χ1) is 44.1. The van der Waals surface area contributed by atoms with Gasteiger partial charge in [0.15, 0.2) is 5.78 Å². The second-order valence-corrected chi connectivity index (χ2v) is 26.5. The zero-order chi connectivity index (χ0) is 66.4. The van der Waals surface area contributed by atoms with E-state index in [4.69, 9.17) is 40.1 Å². The normalized spacial score (nSPS) is 33.9. The number of terminal acetylenes is 1. The highest BCUT2D eigenvalue weighted by molar-refractivity contribution is 6.39. The summed E-state index contributed by atoms with van der Waals surface area (Å²) in [5, 5.41) is 42.9. The molecule has 1 amide bonds. The number of carbonyl (C=O) groups is 5. The molecule has 8 rings (SSSR count). The van der Waals surface area contributed by atoms with Gasteiger partial charge in [-0.05, 0) is 119 Å². The number of methoxy groups -OCH3 is 3. The molecule has 500 valence electrons. The number of rotatable bonds is 12. The van der Waals surface area contributed by atoms with E-state index in [9.17, 15) is 39.3 Å². The molecular formula is C71H98N8O13. The summed E-state index contributed by atoms with van der Waals surface area (Å²) in [6.07, 6.45) is 22.5. The van der Waals surface area contributed by atoms with Gasteiger partial charge in [-0.2, -0.15) is 0 Å². The Kier molecular flexibility index (Phi) is 25.5. The Morgan fingerprint density at radius 2 is 1.61 bits per heavy atom. The van der Waals surface area contributed by atoms with Crippen LogP contribution in [-0.2, 0) is 47.7 Å². The average Bonchev–Trinajstić information content (AvgIpc) is 2.16. The number of benzene rings is 1. The van der Waals surface area contributed by atoms with Gasteiger partial charge in [0, 0.05) is 102 Å². The van der Waals surface area contributed by atoms with Crippen LogP contribution in [0.1, 0.15) is 132 Å². The molecule has 3 saturated heterocycles. The Hall–Kier alpha value is -6.61. The minimum Gasteiger partial charge on any atom is -0.460 e. The standard InChI is InChI=1S/C71H98N8O13/c1-12-28-76-30-31-77(42-55(76)43-80)70-72-39-54(40-73-70)52-21-18-22-53(36-52)59-41-74-75-79(59)57-27-25-51(35-63(57)89-10)34-47(5)62-38-60(81)46(4)33-49(7)65(83)66(90-11)64(82)48(6)32-44(2)19-14-13-15-20-45(3)61(88-9)37-56-26-24-50(8)71(87,92-56)67(84)68(85)78-29-17-16-23-58(78)69(86)91-62/h1,13-15,18-22,33,36,39-41,44,46-48,50-51,55-58,61-63,65-66,80,83,87H,16-17,23-32,34-35,37-38,42-43H2,2-11H3/b15-13+,19-14+,45-20+,49-33+/t44-,46-,47-,48-,50-,51+,55?,56+,57+,58+,61+,62+,63-,65-,66+,71-/m1/s1. The minimum absolute atomic E-state index is 0.00496. The number of amides is 1. The van der Waals surface area contributed by atoms with Crippen LogP contribution in [0.3, 0.4) is 0 Å². The van der Waals surface area contributed by atoms with Crippen molar-refractivity contribution in [3.63, 3.8) is 0 Å². The van der Waals surface area contributed by atoms with Crippen molar-refractivity contribution in [3.05, 3.63) is 90.5 Å². The topological polar surface area (TPSA) is 258 Å². The number of nitrogens with zero attached hydrogens (tertiary/aromatic N) is 8. The van der Waals surface area contributed by atoms with Gasteiger partial charge in [-0.3, -0.25) is 24.1 Å². The number of Topliss-reactive ketones (excluding diaryl/α,β-unsaturated/α-hetero) is 3. The molecule has 21 heteroatoms. The highest BCUT2D eigenvalue weighted by atomic mass is 16.6. The summed E-state index contributed by atoms with van der Waals surface area (Å²) in [5.41, 5.74) is 4.67. The molecule has 3 aromatic rings. The molecule has 21 nitrogen and oxygen atoms in total. The number of allylic oxidation sites excluding steroid dienone is 6. The van der Waals surface area contributed by atoms with Crippen molar-refractivity contribution >= 4 is 35.2 Å². The summed E-state index contributed by atoms with van der Waals surface area (Å²) in [6, 6.07) is 6.57. The van der Waals surface area contributed by atoms with E-state index in [2.05, 4.69) is 32.1 Å². The Morgan fingerprint density at radius 3 is 2.33 bits per heavy atom. The Balaban J connectivity index is 1.02. The van der Waals surface area contributed by atoms with Crippen molar-refractivity contribution < 1.29 is 63.0 Å². The molecule has 1 saturated carbocycles. The quantitative estimate of drug-likeness (QED) is 0.0674. The number of ketones is 3. The van der Waals surface area contributed by atoms with Gasteiger partial charge in [0.2, 0.25) is 11.7 Å². The molecule has 1 unspecified atom stereocenters. The van der Waals surface area contributed by atoms with E-state index in [1.807, 2.05) is 93.3 Å². The number of aliphatic hydroxyl groups excluding tert-OH is 2. The fraction of sp³-hybridized carbons (Fsp3) is 0.620. The van der Waals surface area contributed by atoms with Crippen molar-refractivity contribution in [1.82, 2.24) is 34.8 Å². The molecule has 4 aliphatic heterocycles. The molecular weight excluding hydrogens is 1170 g/mol. The van der Waals surface area contributed by atoms with E-state index >= 15 is 0 Å². The van der Waals surface area contributed by atoms with E-state index in [0.717, 1.165) is 34.4 Å². The maximum absolute atomic E-state index is 14.9. The molecule has 1 aliphatic carbocycles. The Labute approximate surface area is 543 Å². The second kappa shape index (κ2) is 33.0. The Bertz CT molecular complexity index is 3170. The minimum atomic E-state index is -2.47. The largest absolute Gasteiger partial charge is 0.460 e. The van der Waals surface area contributed by atoms with Crippen LogP contribution in [0.5, 0.6) is 0 Å². The van der Waals surface area contributed by atoms with Gasteiger partial charge in [-0.25, -0.2) is 19.4 Å². The number of anilines is 1. The van der Waals surface area contributed by atoms with Crippen molar-refractivity contribution in [1.29, 1.82) is 0 Å². The summed E-state index contributed by atoms with van der Waals surface area (Å²) in [4.78, 5) is 87.3. The van der Waals surface area contributed by atoms with Crippen molar-refractivity contribution in [3.8, 4) is 34.7 Å². The van der Waals surface area contributed by atoms with Gasteiger partial charge in [0.1, 0.15) is 30.1 Å². The number of hydrogen-bond donors (Lipinski definition) is 3. The van der Waals surface area contributed by atoms with E-state index < -0.39 is 83.7 Å². The summed E-state index contributed by atoms with van der Waals surface area (Å²) >= 11 is 0. The first kappa shape index (κ1) is 71.2. The molecule has 16 atom stereocenters. The number of esters is 1. The lowest BCUT2D eigenvalue weighted by Gasteiger charge is -2.42. The first-order valence-corrected chi connectivity index (χ1v) is 33.0. The number of carbonyl (C=O) groups excluding carboxylic acids is 5. The zero-order valence-corrected chi connectivity index (χ0v) is 55.5. The number of aromatic nitrogens is 5. The van der Waals surface area contributed by atoms with Crippen LogP contribution in [-0.4, -0.2) is 194 Å². The third kappa shape index (κ3) is 17.2. The number of hydrogen-bond acceptors (Lipinski definition) is 19. The SMILES string of the molecule is C#CCN1CCN(c2ncc(-c3cccc(-c4cnnn4[C@H]4CC[C@@H](C[C@@H](C)[C@@H]5CC(=O)[C@H](C)/C=C(\C)[C@@H](O)[C@@H](OC)C(=O)[C@H](C)C[C@H](C)/C=C/C=C/C=C(\C)[C@@H](OC)C[C@@H]6CC[C@@H](C)[C@@](O)(O6)C(=O)C(=O)N6CCCC[C@H]6C(=O)O5)C[C@H]4OC)c3)cn2)CC1CO. The average molecular weight is 1270 g/mol. The highest BCUT2D eigenvalue weighted by Crippen LogP contribution is 2.41. The van der Waals surface area contributed by atoms with Crippen LogP contribution in [0.15, 0.2) is 90.5 Å². The lowest BCUT2D eigenvalue weighted by molar-refractivity contribution is -0.265. The highest BCUT2D eigenvalue weighted by Gasteiger charge is 2.53. The molecule has 92 heavy (non-hydrogen) atoms. The van der Waals surface area contributed by atoms with Gasteiger partial charge in [0.05, 0.1) is 55.4 Å². The van der Waals surface area contributed by atoms with Crippen LogP contribution < -0.4 is 4.90 Å². The number of piperidine rings is 1. The van der Waals surface area contributed by atoms with Crippen LogP contribution in [0.4, 0.5) is 5.95 Å². The fourth-order valence-corrected chi connectivity index (χ4v) is 14.2. The summed E-state index contributed by atoms with van der Waals surface area (Å²) in [7, 11) is 4.65. The third-order valence-corrected chi connectivity index (χ3v) is 19.9.